The summed E-state index contributed by atoms with van der Waals surface area (Å²) in [5.74, 6) is -1.75. The summed E-state index contributed by atoms with van der Waals surface area (Å²) in [6, 6.07) is 1.69. The van der Waals surface area contributed by atoms with Crippen molar-refractivity contribution in [3.8, 4) is 0 Å². The predicted octanol–water partition coefficient (Wildman–Crippen LogP) is 3.23. The number of nitro groups is 1. The number of amides is 1. The van der Waals surface area contributed by atoms with Gasteiger partial charge in [0, 0.05) is 17.4 Å². The minimum absolute atomic E-state index is 0.0244. The summed E-state index contributed by atoms with van der Waals surface area (Å²) in [5.41, 5.74) is -2.08. The van der Waals surface area contributed by atoms with E-state index in [0.29, 0.717) is 18.2 Å². The number of alkyl carbamates (subject to hydrolysis) is 1. The van der Waals surface area contributed by atoms with E-state index in [4.69, 9.17) is 4.74 Å². The summed E-state index contributed by atoms with van der Waals surface area (Å²) in [7, 11) is 0. The van der Waals surface area contributed by atoms with Gasteiger partial charge in [0.2, 0.25) is 0 Å². The first kappa shape index (κ1) is 18.8. The molecule has 1 aromatic rings. The Morgan fingerprint density at radius 3 is 3.00 bits per heavy atom. The van der Waals surface area contributed by atoms with Crippen LogP contribution < -0.4 is 10.6 Å². The summed E-state index contributed by atoms with van der Waals surface area (Å²) in [5, 5.41) is 16.9. The molecule has 142 valence electrons. The van der Waals surface area contributed by atoms with Gasteiger partial charge in [0.25, 0.3) is 5.69 Å². The van der Waals surface area contributed by atoms with Crippen molar-refractivity contribution in [2.75, 3.05) is 12.4 Å². The number of thioether (sulfide) groups is 1. The van der Waals surface area contributed by atoms with Gasteiger partial charge in [-0.2, -0.15) is 0 Å². The molecule has 2 aliphatic rings. The summed E-state index contributed by atoms with van der Waals surface area (Å²) < 4.78 is 33.5. The number of non-ortho nitro benzene ring substituents is 1. The van der Waals surface area contributed by atoms with Gasteiger partial charge in [0.15, 0.2) is 11.6 Å². The summed E-state index contributed by atoms with van der Waals surface area (Å²) in [6.45, 7) is 1.89. The first-order valence-electron chi connectivity index (χ1n) is 8.34. The number of carbonyl (C=O) groups is 1. The lowest BCUT2D eigenvalue weighted by Gasteiger charge is -2.44. The van der Waals surface area contributed by atoms with Gasteiger partial charge in [-0.25, -0.2) is 13.6 Å². The third-order valence-corrected chi connectivity index (χ3v) is 6.07. The van der Waals surface area contributed by atoms with Crippen molar-refractivity contribution < 1.29 is 23.2 Å². The second kappa shape index (κ2) is 7.36. The Kier molecular flexibility index (Phi) is 5.33. The molecule has 7 nitrogen and oxygen atoms in total. The molecule has 0 aromatic heterocycles. The smallest absolute Gasteiger partial charge is 0.409 e. The molecule has 1 saturated heterocycles. The molecule has 0 spiro atoms. The SMILES string of the molecule is CCOC(=O)NC1NC2(c3cc([N+](=O)[O-])cc(F)c3F)CCC[C@H]2CS1. The topological polar surface area (TPSA) is 93.5 Å². The van der Waals surface area contributed by atoms with E-state index < -0.39 is 39.4 Å². The van der Waals surface area contributed by atoms with Crippen molar-refractivity contribution in [3.05, 3.63) is 39.4 Å². The molecule has 1 aliphatic heterocycles. The number of fused-ring (bicyclic) bond motifs is 1. The van der Waals surface area contributed by atoms with Crippen LogP contribution in [0.5, 0.6) is 0 Å². The molecule has 1 aromatic carbocycles. The highest BCUT2D eigenvalue weighted by atomic mass is 32.2. The molecule has 10 heteroatoms. The Balaban J connectivity index is 1.97. The van der Waals surface area contributed by atoms with Crippen molar-refractivity contribution in [1.82, 2.24) is 10.6 Å². The van der Waals surface area contributed by atoms with Crippen LogP contribution >= 0.6 is 11.8 Å². The van der Waals surface area contributed by atoms with E-state index in [0.717, 1.165) is 18.9 Å². The molecule has 2 fully saturated rings. The molecule has 1 aliphatic carbocycles. The van der Waals surface area contributed by atoms with Crippen LogP contribution in [0.25, 0.3) is 0 Å². The summed E-state index contributed by atoms with van der Waals surface area (Å²) in [6.07, 6.45) is 1.44. The van der Waals surface area contributed by atoms with Gasteiger partial charge < -0.3 is 4.74 Å². The lowest BCUT2D eigenvalue weighted by Crippen LogP contribution is -2.59. The third-order valence-electron chi connectivity index (χ3n) is 4.90. The molecule has 0 radical (unpaired) electrons. The molecule has 3 rings (SSSR count). The van der Waals surface area contributed by atoms with Crippen molar-refractivity contribution >= 4 is 23.5 Å². The molecule has 2 unspecified atom stereocenters. The highest BCUT2D eigenvalue weighted by Gasteiger charge is 2.50. The highest BCUT2D eigenvalue weighted by Crippen LogP contribution is 2.50. The lowest BCUT2D eigenvalue weighted by molar-refractivity contribution is -0.385. The Bertz CT molecular complexity index is 736. The van der Waals surface area contributed by atoms with Crippen LogP contribution in [-0.4, -0.2) is 28.9 Å². The fraction of sp³-hybridized carbons (Fsp3) is 0.562. The fourth-order valence-corrected chi connectivity index (χ4v) is 5.13. The molecule has 1 amide bonds. The van der Waals surface area contributed by atoms with E-state index >= 15 is 0 Å². The number of carbonyl (C=O) groups excluding carboxylic acids is 1. The minimum atomic E-state index is -1.25. The number of halogens is 2. The van der Waals surface area contributed by atoms with Gasteiger partial charge in [-0.15, -0.1) is 11.8 Å². The van der Waals surface area contributed by atoms with E-state index in [1.165, 1.54) is 11.8 Å². The summed E-state index contributed by atoms with van der Waals surface area (Å²) >= 11 is 1.43. The second-order valence-corrected chi connectivity index (χ2v) is 7.47. The molecule has 2 N–H and O–H groups in total. The first-order chi connectivity index (χ1) is 12.4. The number of ether oxygens (including phenoxy) is 1. The highest BCUT2D eigenvalue weighted by molar-refractivity contribution is 7.99. The van der Waals surface area contributed by atoms with Gasteiger partial charge in [0.05, 0.1) is 23.1 Å². The average Bonchev–Trinajstić information content (AvgIpc) is 3.01. The molecule has 3 atom stereocenters. The molecular formula is C16H19F2N3O4S. The van der Waals surface area contributed by atoms with Gasteiger partial charge in [0.1, 0.15) is 5.50 Å². The second-order valence-electron chi connectivity index (χ2n) is 6.33. The first-order valence-corrected chi connectivity index (χ1v) is 9.38. The summed E-state index contributed by atoms with van der Waals surface area (Å²) in [4.78, 5) is 22.1. The molecule has 26 heavy (non-hydrogen) atoms. The van der Waals surface area contributed by atoms with Gasteiger partial charge in [-0.05, 0) is 25.7 Å². The zero-order chi connectivity index (χ0) is 18.9. The Morgan fingerprint density at radius 2 is 2.31 bits per heavy atom. The van der Waals surface area contributed by atoms with Crippen LogP contribution in [0.3, 0.4) is 0 Å². The number of rotatable bonds is 4. The monoisotopic (exact) mass is 387 g/mol. The maximum Gasteiger partial charge on any atom is 0.409 e. The van der Waals surface area contributed by atoms with Crippen molar-refractivity contribution in [3.63, 3.8) is 0 Å². The molecular weight excluding hydrogens is 368 g/mol. The maximum atomic E-state index is 14.6. The Labute approximate surface area is 153 Å². The van der Waals surface area contributed by atoms with E-state index in [9.17, 15) is 23.7 Å². The number of hydrogen-bond acceptors (Lipinski definition) is 6. The van der Waals surface area contributed by atoms with Crippen molar-refractivity contribution in [2.45, 2.75) is 37.2 Å². The zero-order valence-electron chi connectivity index (χ0n) is 14.1. The van der Waals surface area contributed by atoms with Crippen LogP contribution in [0, 0.1) is 27.7 Å². The van der Waals surface area contributed by atoms with E-state index in [2.05, 4.69) is 10.6 Å². The Morgan fingerprint density at radius 1 is 1.54 bits per heavy atom. The van der Waals surface area contributed by atoms with Gasteiger partial charge in [-0.1, -0.05) is 6.42 Å². The van der Waals surface area contributed by atoms with Crippen LogP contribution in [0.1, 0.15) is 31.7 Å². The van der Waals surface area contributed by atoms with E-state index in [-0.39, 0.29) is 18.1 Å². The molecule has 0 bridgehead atoms. The molecule has 1 saturated carbocycles. The number of nitrogens with one attached hydrogen (secondary N) is 2. The number of hydrogen-bond donors (Lipinski definition) is 2. The van der Waals surface area contributed by atoms with Crippen LogP contribution in [0.2, 0.25) is 0 Å². The Hall–Kier alpha value is -1.94. The average molecular weight is 387 g/mol. The largest absolute Gasteiger partial charge is 0.450 e. The lowest BCUT2D eigenvalue weighted by atomic mass is 9.80. The van der Waals surface area contributed by atoms with Gasteiger partial charge in [-0.3, -0.25) is 20.7 Å². The quantitative estimate of drug-likeness (QED) is 0.609. The van der Waals surface area contributed by atoms with Crippen molar-refractivity contribution in [2.24, 2.45) is 5.92 Å². The van der Waals surface area contributed by atoms with Crippen molar-refractivity contribution in [1.29, 1.82) is 0 Å². The number of benzene rings is 1. The predicted molar refractivity (Wildman–Crippen MR) is 91.6 cm³/mol. The van der Waals surface area contributed by atoms with Gasteiger partial charge >= 0.3 is 6.09 Å². The third kappa shape index (κ3) is 3.35. The standard InChI is InChI=1S/C16H19F2N3O4S/c1-2-25-15(22)19-14-20-16(5-3-4-9(16)8-26-14)11-6-10(21(23)24)7-12(17)13(11)18/h6-7,9,14,20H,2-5,8H2,1H3,(H,19,22)/t9-,14?,16?/m0/s1. The van der Waals surface area contributed by atoms with E-state index in [1.807, 2.05) is 0 Å². The van der Waals surface area contributed by atoms with Crippen LogP contribution in [-0.2, 0) is 10.3 Å². The minimum Gasteiger partial charge on any atom is -0.450 e. The fourth-order valence-electron chi connectivity index (χ4n) is 3.78. The number of nitro benzene ring substituents is 1. The normalized spacial score (nSPS) is 27.7. The van der Waals surface area contributed by atoms with Crippen LogP contribution in [0.4, 0.5) is 19.3 Å². The number of nitrogens with zero attached hydrogens (tertiary/aromatic N) is 1. The zero-order valence-corrected chi connectivity index (χ0v) is 14.9. The maximum absolute atomic E-state index is 14.6. The molecule has 1 heterocycles. The van der Waals surface area contributed by atoms with Crippen LogP contribution in [0.15, 0.2) is 12.1 Å². The van der Waals surface area contributed by atoms with E-state index in [1.54, 1.807) is 6.92 Å².